The molecule has 1 unspecified atom stereocenters. The first-order valence-electron chi connectivity index (χ1n) is 13.9. The zero-order chi connectivity index (χ0) is 30.4. The Balaban J connectivity index is 1.15. The second kappa shape index (κ2) is 11.0. The van der Waals surface area contributed by atoms with Gasteiger partial charge in [-0.3, -0.25) is 19.1 Å². The quantitative estimate of drug-likeness (QED) is 0.275. The summed E-state index contributed by atoms with van der Waals surface area (Å²) >= 11 is 0. The number of H-pyrrole nitrogens is 1. The molecule has 1 aromatic carbocycles. The van der Waals surface area contributed by atoms with Gasteiger partial charge < -0.3 is 25.5 Å². The van der Waals surface area contributed by atoms with Gasteiger partial charge in [0.15, 0.2) is 17.1 Å². The molecule has 2 amide bonds. The number of aromatic nitrogens is 5. The average molecular weight is 598 g/mol. The Morgan fingerprint density at radius 2 is 1.86 bits per heavy atom. The highest BCUT2D eigenvalue weighted by Crippen LogP contribution is 2.36. The average Bonchev–Trinajstić information content (AvgIpc) is 3.65. The SMILES string of the molecule is Cc1cc(Nc2nccn3c(-c4cn[nH]c4C(F)(F)F)cnc23)ccc1C(=O)N1CCN(C(=O)C2(O)CCCNC2)CC1. The number of benzene rings is 1. The van der Waals surface area contributed by atoms with E-state index < -0.39 is 17.5 Å². The summed E-state index contributed by atoms with van der Waals surface area (Å²) in [7, 11) is 0. The minimum Gasteiger partial charge on any atom is -0.379 e. The second-order valence-corrected chi connectivity index (χ2v) is 10.8. The molecular formula is C28H30F3N9O3. The van der Waals surface area contributed by atoms with E-state index in [1.54, 1.807) is 28.0 Å². The van der Waals surface area contributed by atoms with Gasteiger partial charge in [0.1, 0.15) is 5.69 Å². The van der Waals surface area contributed by atoms with E-state index in [-0.39, 0.29) is 29.6 Å². The monoisotopic (exact) mass is 597 g/mol. The van der Waals surface area contributed by atoms with Crippen molar-refractivity contribution < 1.29 is 27.9 Å². The van der Waals surface area contributed by atoms with E-state index in [9.17, 15) is 27.9 Å². The van der Waals surface area contributed by atoms with Gasteiger partial charge in [-0.2, -0.15) is 18.3 Å². The number of aliphatic hydroxyl groups is 1. The number of alkyl halides is 3. The standard InChI is InChI=1S/C28H30F3N9O3/c1-17-13-18(36-23-24-34-15-21(40(24)8-7-33-23)20-14-35-37-22(20)28(29,30)31)3-4-19(17)25(41)38-9-11-39(12-10-38)26(42)27(43)5-2-6-32-16-27/h3-4,7-8,13-15,32,43H,2,5-6,9-12,16H2,1H3,(H,33,36)(H,35,37). The number of nitrogens with one attached hydrogen (secondary N) is 3. The Morgan fingerprint density at radius 1 is 1.09 bits per heavy atom. The molecule has 4 aromatic rings. The van der Waals surface area contributed by atoms with E-state index in [0.717, 1.165) is 19.2 Å². The Kier molecular flexibility index (Phi) is 7.30. The molecule has 226 valence electrons. The van der Waals surface area contributed by atoms with Crippen molar-refractivity contribution in [2.75, 3.05) is 44.6 Å². The van der Waals surface area contributed by atoms with Gasteiger partial charge in [-0.25, -0.2) is 9.97 Å². The number of carbonyl (C=O) groups is 2. The van der Waals surface area contributed by atoms with Gasteiger partial charge in [-0.15, -0.1) is 0 Å². The molecule has 6 rings (SSSR count). The molecule has 0 bridgehead atoms. The molecule has 0 saturated carbocycles. The number of aryl methyl sites for hydroxylation is 1. The Labute approximate surface area is 243 Å². The van der Waals surface area contributed by atoms with Crippen LogP contribution in [0.25, 0.3) is 16.9 Å². The number of carbonyl (C=O) groups excluding carboxylic acids is 2. The fraction of sp³-hybridized carbons (Fsp3) is 0.393. The number of piperazine rings is 1. The number of hydrogen-bond acceptors (Lipinski definition) is 8. The van der Waals surface area contributed by atoms with Gasteiger partial charge >= 0.3 is 6.18 Å². The largest absolute Gasteiger partial charge is 0.433 e. The number of rotatable bonds is 5. The summed E-state index contributed by atoms with van der Waals surface area (Å²) in [5.74, 6) is -0.134. The van der Waals surface area contributed by atoms with Crippen molar-refractivity contribution in [3.8, 4) is 11.3 Å². The first-order valence-corrected chi connectivity index (χ1v) is 13.9. The second-order valence-electron chi connectivity index (χ2n) is 10.8. The minimum absolute atomic E-state index is 0.136. The molecule has 1 atom stereocenters. The summed E-state index contributed by atoms with van der Waals surface area (Å²) in [6.07, 6.45) is 1.94. The zero-order valence-corrected chi connectivity index (χ0v) is 23.3. The number of aromatic amines is 1. The summed E-state index contributed by atoms with van der Waals surface area (Å²) in [4.78, 5) is 38.2. The van der Waals surface area contributed by atoms with Crippen molar-refractivity contribution in [1.29, 1.82) is 0 Å². The predicted octanol–water partition coefficient (Wildman–Crippen LogP) is 2.59. The van der Waals surface area contributed by atoms with Gasteiger partial charge in [0.2, 0.25) is 0 Å². The summed E-state index contributed by atoms with van der Waals surface area (Å²) in [5, 5.41) is 22.6. The van der Waals surface area contributed by atoms with Gasteiger partial charge in [0.25, 0.3) is 11.8 Å². The molecule has 2 fully saturated rings. The lowest BCUT2D eigenvalue weighted by atomic mass is 9.92. The molecule has 43 heavy (non-hydrogen) atoms. The van der Waals surface area contributed by atoms with Crippen molar-refractivity contribution >= 4 is 29.0 Å². The first-order chi connectivity index (χ1) is 20.5. The number of piperidine rings is 1. The lowest BCUT2D eigenvalue weighted by molar-refractivity contribution is -0.154. The van der Waals surface area contributed by atoms with Crippen LogP contribution in [0.15, 0.2) is 43.0 Å². The smallest absolute Gasteiger partial charge is 0.379 e. The van der Waals surface area contributed by atoms with Crippen molar-refractivity contribution in [1.82, 2.24) is 39.7 Å². The fourth-order valence-corrected chi connectivity index (χ4v) is 5.67. The maximum absolute atomic E-state index is 13.4. The van der Waals surface area contributed by atoms with Crippen molar-refractivity contribution in [2.45, 2.75) is 31.5 Å². The maximum Gasteiger partial charge on any atom is 0.433 e. The number of halogens is 3. The highest BCUT2D eigenvalue weighted by atomic mass is 19.4. The van der Waals surface area contributed by atoms with Crippen molar-refractivity contribution in [3.63, 3.8) is 0 Å². The fourth-order valence-electron chi connectivity index (χ4n) is 5.67. The highest BCUT2D eigenvalue weighted by molar-refractivity contribution is 5.96. The normalized spacial score (nSPS) is 19.6. The number of imidazole rings is 1. The third-order valence-corrected chi connectivity index (χ3v) is 7.96. The molecule has 0 aliphatic carbocycles. The molecule has 4 N–H and O–H groups in total. The molecule has 3 aromatic heterocycles. The lowest BCUT2D eigenvalue weighted by Gasteiger charge is -2.40. The van der Waals surface area contributed by atoms with E-state index in [4.69, 9.17) is 0 Å². The number of fused-ring (bicyclic) bond motifs is 1. The van der Waals surface area contributed by atoms with E-state index in [0.29, 0.717) is 60.9 Å². The number of nitrogens with zero attached hydrogens (tertiary/aromatic N) is 6. The predicted molar refractivity (Wildman–Crippen MR) is 150 cm³/mol. The summed E-state index contributed by atoms with van der Waals surface area (Å²) in [6.45, 7) is 4.22. The number of anilines is 2. The van der Waals surface area contributed by atoms with Crippen molar-refractivity contribution in [2.24, 2.45) is 0 Å². The first kappa shape index (κ1) is 28.6. The summed E-state index contributed by atoms with van der Waals surface area (Å²) in [6, 6.07) is 5.20. The Bertz CT molecular complexity index is 1670. The third kappa shape index (κ3) is 5.41. The van der Waals surface area contributed by atoms with Crippen LogP contribution in [0, 0.1) is 6.92 Å². The molecule has 0 spiro atoms. The van der Waals surface area contributed by atoms with E-state index in [1.165, 1.54) is 23.0 Å². The van der Waals surface area contributed by atoms with Gasteiger partial charge in [0.05, 0.1) is 23.7 Å². The summed E-state index contributed by atoms with van der Waals surface area (Å²) < 4.78 is 41.8. The maximum atomic E-state index is 13.4. The van der Waals surface area contributed by atoms with Crippen LogP contribution in [-0.4, -0.2) is 96.2 Å². The van der Waals surface area contributed by atoms with Crippen LogP contribution in [0.1, 0.15) is 34.5 Å². The number of hydrogen-bond donors (Lipinski definition) is 4. The number of β-amino-alcohol motifs (C(OH)–C–C–N with tert-alkyl or cyclic N) is 1. The number of amides is 2. The van der Waals surface area contributed by atoms with Gasteiger partial charge in [-0.1, -0.05) is 0 Å². The molecular weight excluding hydrogens is 567 g/mol. The molecule has 0 radical (unpaired) electrons. The van der Waals surface area contributed by atoms with Crippen LogP contribution in [0.5, 0.6) is 0 Å². The van der Waals surface area contributed by atoms with E-state index >= 15 is 0 Å². The van der Waals surface area contributed by atoms with Crippen molar-refractivity contribution in [3.05, 3.63) is 59.8 Å². The molecule has 5 heterocycles. The van der Waals surface area contributed by atoms with Gasteiger partial charge in [-0.05, 0) is 50.1 Å². The molecule has 2 aliphatic heterocycles. The highest BCUT2D eigenvalue weighted by Gasteiger charge is 2.41. The van der Waals surface area contributed by atoms with Crippen LogP contribution in [-0.2, 0) is 11.0 Å². The molecule has 12 nitrogen and oxygen atoms in total. The molecule has 2 saturated heterocycles. The van der Waals surface area contributed by atoms with Crippen LogP contribution in [0.3, 0.4) is 0 Å². The Morgan fingerprint density at radius 3 is 2.56 bits per heavy atom. The van der Waals surface area contributed by atoms with Crippen LogP contribution in [0.2, 0.25) is 0 Å². The topological polar surface area (TPSA) is 144 Å². The van der Waals surface area contributed by atoms with E-state index in [2.05, 4.69) is 25.7 Å². The molecule has 15 heteroatoms. The summed E-state index contributed by atoms with van der Waals surface area (Å²) in [5.41, 5.74) is -0.161. The van der Waals surface area contributed by atoms with Crippen LogP contribution >= 0.6 is 0 Å². The van der Waals surface area contributed by atoms with Crippen LogP contribution < -0.4 is 10.6 Å². The lowest BCUT2D eigenvalue weighted by Crippen LogP contribution is -2.60. The zero-order valence-electron chi connectivity index (χ0n) is 23.3. The minimum atomic E-state index is -4.61. The van der Waals surface area contributed by atoms with E-state index in [1.807, 2.05) is 12.0 Å². The Hall–Kier alpha value is -4.50. The van der Waals surface area contributed by atoms with Gasteiger partial charge in [0, 0.05) is 56.4 Å². The van der Waals surface area contributed by atoms with Crippen LogP contribution in [0.4, 0.5) is 24.7 Å². The third-order valence-electron chi connectivity index (χ3n) is 7.96. The molecule has 2 aliphatic rings.